The summed E-state index contributed by atoms with van der Waals surface area (Å²) in [5.74, 6) is 5.24. The van der Waals surface area contributed by atoms with Gasteiger partial charge in [0.15, 0.2) is 15.5 Å². The number of aromatic amines is 3. The Morgan fingerprint density at radius 1 is 0.516 bits per heavy atom. The van der Waals surface area contributed by atoms with Crippen molar-refractivity contribution in [2.45, 2.75) is 59.4 Å². The molecule has 0 aliphatic rings. The second-order valence-corrected chi connectivity index (χ2v) is 17.5. The number of hydrogen-bond acceptors (Lipinski definition) is 9. The minimum atomic E-state index is -0.183. The lowest BCUT2D eigenvalue weighted by Crippen LogP contribution is -1.88. The van der Waals surface area contributed by atoms with Crippen molar-refractivity contribution >= 4 is 68.4 Å². The summed E-state index contributed by atoms with van der Waals surface area (Å²) in [6, 6.07) is 41.6. The van der Waals surface area contributed by atoms with Crippen LogP contribution in [0.2, 0.25) is 0 Å². The fraction of sp³-hybridized carbons (Fsp3) is 0.204. The Morgan fingerprint density at radius 2 is 0.984 bits per heavy atom. The van der Waals surface area contributed by atoms with E-state index in [-0.39, 0.29) is 5.82 Å². The maximum Gasteiger partial charge on any atom is 0.166 e. The minimum absolute atomic E-state index is 0.183. The number of imidazole rings is 3. The zero-order chi connectivity index (χ0) is 43.4. The van der Waals surface area contributed by atoms with Crippen LogP contribution in [0.4, 0.5) is 4.39 Å². The van der Waals surface area contributed by atoms with E-state index in [1.807, 2.05) is 60.7 Å². The van der Waals surface area contributed by atoms with Crippen molar-refractivity contribution in [2.75, 3.05) is 21.3 Å². The van der Waals surface area contributed by atoms with Crippen LogP contribution in [0.15, 0.2) is 143 Å². The summed E-state index contributed by atoms with van der Waals surface area (Å²) in [5, 5.41) is 2.66. The van der Waals surface area contributed by atoms with Crippen molar-refractivity contribution in [1.82, 2.24) is 29.9 Å². The van der Waals surface area contributed by atoms with E-state index >= 15 is 0 Å². The highest BCUT2D eigenvalue weighted by atomic mass is 32.2. The lowest BCUT2D eigenvalue weighted by Gasteiger charge is -2.06. The number of hydrogen-bond donors (Lipinski definition) is 3. The zero-order valence-electron chi connectivity index (χ0n) is 35.5. The lowest BCUT2D eigenvalue weighted by molar-refractivity contribution is 0.415. The van der Waals surface area contributed by atoms with Crippen molar-refractivity contribution in [3.05, 3.63) is 161 Å². The Hall–Kier alpha value is -5.89. The summed E-state index contributed by atoms with van der Waals surface area (Å²) in [6.07, 6.45) is 0. The first-order chi connectivity index (χ1) is 30.2. The number of methoxy groups -OCH3 is 3. The third kappa shape index (κ3) is 11.9. The molecule has 0 saturated carbocycles. The monoisotopic (exact) mass is 884 g/mol. The minimum Gasteiger partial charge on any atom is -0.497 e. The molecule has 9 nitrogen and oxygen atoms in total. The normalized spacial score (nSPS) is 11.0. The molecule has 0 atom stereocenters. The van der Waals surface area contributed by atoms with Crippen molar-refractivity contribution in [3.63, 3.8) is 0 Å². The van der Waals surface area contributed by atoms with Gasteiger partial charge in [0.2, 0.25) is 0 Å². The average Bonchev–Trinajstić information content (AvgIpc) is 4.03. The fourth-order valence-electron chi connectivity index (χ4n) is 6.35. The molecule has 0 aliphatic heterocycles. The van der Waals surface area contributed by atoms with Crippen molar-refractivity contribution in [3.8, 4) is 17.2 Å². The van der Waals surface area contributed by atoms with Crippen LogP contribution >= 0.6 is 35.3 Å². The Labute approximate surface area is 374 Å². The van der Waals surface area contributed by atoms with Crippen LogP contribution < -0.4 is 14.2 Å². The van der Waals surface area contributed by atoms with Crippen molar-refractivity contribution in [2.24, 2.45) is 0 Å². The Bertz CT molecular complexity index is 2860. The number of nitrogens with one attached hydrogen (secondary N) is 3. The summed E-state index contributed by atoms with van der Waals surface area (Å²) in [4.78, 5) is 23.5. The highest BCUT2D eigenvalue weighted by Gasteiger charge is 2.09. The zero-order valence-corrected chi connectivity index (χ0v) is 37.9. The maximum atomic E-state index is 13.5. The molecule has 0 saturated heterocycles. The molecule has 3 N–H and O–H groups in total. The molecule has 0 aliphatic carbocycles. The van der Waals surface area contributed by atoms with E-state index in [1.54, 1.807) is 57.0 Å². The summed E-state index contributed by atoms with van der Waals surface area (Å²) >= 11 is 4.91. The summed E-state index contributed by atoms with van der Waals surface area (Å²) in [7, 11) is 4.98. The van der Waals surface area contributed by atoms with E-state index in [0.717, 1.165) is 77.3 Å². The van der Waals surface area contributed by atoms with Crippen molar-refractivity contribution < 1.29 is 18.6 Å². The first-order valence-corrected chi connectivity index (χ1v) is 23.0. The van der Waals surface area contributed by atoms with Crippen LogP contribution in [0.1, 0.15) is 47.6 Å². The van der Waals surface area contributed by atoms with Gasteiger partial charge in [-0.25, -0.2) is 19.3 Å². The van der Waals surface area contributed by atoms with Gasteiger partial charge >= 0.3 is 0 Å². The van der Waals surface area contributed by atoms with E-state index in [1.165, 1.54) is 40.1 Å². The number of rotatable bonds is 13. The summed E-state index contributed by atoms with van der Waals surface area (Å²) < 4.78 is 29.2. The van der Waals surface area contributed by atoms with Gasteiger partial charge in [-0.05, 0) is 77.6 Å². The van der Waals surface area contributed by atoms with E-state index in [2.05, 4.69) is 99.2 Å². The summed E-state index contributed by atoms with van der Waals surface area (Å²) in [5.41, 5.74) is 11.7. The topological polar surface area (TPSA) is 114 Å². The highest BCUT2D eigenvalue weighted by molar-refractivity contribution is 7.98. The standard InChI is InChI=1S/C18H20N2OS.C16H16N2OS.C15H13FN2OS/c1-12(2)14-6-4-13(5-7-14)11-22-18-19-16-9-8-15(21-3)10-17(16)20-18;1-11-4-3-5-12(8-11)10-20-16-17-14-7-6-13(19-2)9-15(14)18-16;1-19-11-6-7-13-14(8-11)18-15(17-13)20-9-10-4-2-3-5-12(10)16/h4-10,12H,11H2,1-3H3,(H,19,20);3-9H,10H2,1-2H3,(H,17,18);2-8H,9H2,1H3,(H,17,18). The average molecular weight is 885 g/mol. The van der Waals surface area contributed by atoms with Crippen LogP contribution in [0.3, 0.4) is 0 Å². The number of ether oxygens (including phenoxy) is 3. The third-order valence-electron chi connectivity index (χ3n) is 9.80. The molecule has 0 bridgehead atoms. The van der Waals surface area contributed by atoms with Gasteiger partial charge in [-0.15, -0.1) is 0 Å². The Kier molecular flexibility index (Phi) is 15.2. The fourth-order valence-corrected chi connectivity index (χ4v) is 8.89. The van der Waals surface area contributed by atoms with Gasteiger partial charge in [-0.1, -0.05) is 121 Å². The molecule has 0 unspecified atom stereocenters. The molecule has 0 radical (unpaired) electrons. The smallest absolute Gasteiger partial charge is 0.166 e. The molecular weight excluding hydrogens is 836 g/mol. The number of nitrogens with zero attached hydrogens (tertiary/aromatic N) is 3. The molecule has 9 rings (SSSR count). The van der Waals surface area contributed by atoms with Crippen LogP contribution in [-0.4, -0.2) is 51.2 Å². The lowest BCUT2D eigenvalue weighted by atomic mass is 10.0. The number of fused-ring (bicyclic) bond motifs is 3. The third-order valence-corrected chi connectivity index (χ3v) is 12.6. The first kappa shape index (κ1) is 44.2. The molecule has 0 spiro atoms. The molecule has 9 aromatic rings. The molecule has 0 fully saturated rings. The predicted molar refractivity (Wildman–Crippen MR) is 255 cm³/mol. The van der Waals surface area contributed by atoms with Gasteiger partial charge in [0, 0.05) is 35.5 Å². The number of H-pyrrole nitrogens is 3. The van der Waals surface area contributed by atoms with Crippen LogP contribution in [-0.2, 0) is 17.3 Å². The Morgan fingerprint density at radius 3 is 1.44 bits per heavy atom. The van der Waals surface area contributed by atoms with E-state index in [4.69, 9.17) is 14.2 Å². The van der Waals surface area contributed by atoms with Crippen LogP contribution in [0.5, 0.6) is 17.2 Å². The van der Waals surface area contributed by atoms with Crippen molar-refractivity contribution in [1.29, 1.82) is 0 Å². The second kappa shape index (κ2) is 21.3. The molecule has 13 heteroatoms. The van der Waals surface area contributed by atoms with Gasteiger partial charge in [0.05, 0.1) is 54.4 Å². The van der Waals surface area contributed by atoms with Gasteiger partial charge in [-0.2, -0.15) is 0 Å². The summed E-state index contributed by atoms with van der Waals surface area (Å²) in [6.45, 7) is 6.54. The molecule has 3 heterocycles. The van der Waals surface area contributed by atoms with E-state index in [9.17, 15) is 4.39 Å². The second-order valence-electron chi connectivity index (χ2n) is 14.6. The van der Waals surface area contributed by atoms with Crippen LogP contribution in [0, 0.1) is 12.7 Å². The quantitative estimate of drug-likeness (QED) is 0.0974. The number of aryl methyl sites for hydroxylation is 1. The number of thioether (sulfide) groups is 3. The largest absolute Gasteiger partial charge is 0.497 e. The molecule has 0 amide bonds. The Balaban J connectivity index is 0.000000140. The highest BCUT2D eigenvalue weighted by Crippen LogP contribution is 2.29. The molecule has 6 aromatic carbocycles. The van der Waals surface area contributed by atoms with E-state index in [0.29, 0.717) is 17.2 Å². The van der Waals surface area contributed by atoms with E-state index < -0.39 is 0 Å². The van der Waals surface area contributed by atoms with Crippen LogP contribution in [0.25, 0.3) is 33.1 Å². The maximum absolute atomic E-state index is 13.5. The predicted octanol–water partition coefficient (Wildman–Crippen LogP) is 13.2. The van der Waals surface area contributed by atoms with Gasteiger partial charge in [0.1, 0.15) is 23.1 Å². The van der Waals surface area contributed by atoms with Gasteiger partial charge in [-0.3, -0.25) is 0 Å². The molecule has 3 aromatic heterocycles. The number of benzene rings is 6. The molecule has 318 valence electrons. The molecular formula is C49H49FN6O3S3. The molecule has 62 heavy (non-hydrogen) atoms. The number of halogens is 1. The number of aromatic nitrogens is 6. The SMILES string of the molecule is COc1ccc2nc(SCc3ccc(C(C)C)cc3)[nH]c2c1.COc1ccc2nc(SCc3cccc(C)c3)[nH]c2c1.COc1ccc2nc(SCc3ccccc3F)[nH]c2c1. The first-order valence-electron chi connectivity index (χ1n) is 20.0. The van der Waals surface area contributed by atoms with Gasteiger partial charge in [0.25, 0.3) is 0 Å². The van der Waals surface area contributed by atoms with Gasteiger partial charge < -0.3 is 29.2 Å².